The Morgan fingerprint density at radius 2 is 1.53 bits per heavy atom. The first kappa shape index (κ1) is 10.4. The Balaban J connectivity index is 1.81. The highest BCUT2D eigenvalue weighted by atomic mass is 28.3. The third kappa shape index (κ3) is 1.62. The van der Waals surface area contributed by atoms with Crippen LogP contribution in [0.15, 0.2) is 0 Å². The van der Waals surface area contributed by atoms with E-state index in [9.17, 15) is 0 Å². The zero-order chi connectivity index (χ0) is 10.3. The molecule has 3 rings (SSSR count). The molecule has 15 heavy (non-hydrogen) atoms. The highest BCUT2D eigenvalue weighted by Gasteiger charge is 2.50. The zero-order valence-electron chi connectivity index (χ0n) is 10.3. The maximum absolute atomic E-state index is 2.80. The van der Waals surface area contributed by atoms with E-state index in [1.54, 1.807) is 63.8 Å². The van der Waals surface area contributed by atoms with Crippen molar-refractivity contribution in [1.82, 2.24) is 0 Å². The van der Waals surface area contributed by atoms with Crippen LogP contribution >= 0.6 is 0 Å². The first-order valence-electron chi connectivity index (χ1n) is 7.31. The monoisotopic (exact) mass is 222 g/mol. The normalized spacial score (nSPS) is 47.0. The van der Waals surface area contributed by atoms with Crippen LogP contribution in [0.25, 0.3) is 0 Å². The Bertz CT molecular complexity index is 231. The molecule has 3 atom stereocenters. The lowest BCUT2D eigenvalue weighted by Crippen LogP contribution is -2.44. The molecule has 0 aromatic heterocycles. The van der Waals surface area contributed by atoms with Crippen LogP contribution in [0.2, 0.25) is 23.7 Å². The molecule has 1 saturated heterocycles. The maximum Gasteiger partial charge on any atom is 0.0569 e. The average molecular weight is 222 g/mol. The molecule has 3 unspecified atom stereocenters. The van der Waals surface area contributed by atoms with Crippen LogP contribution in [0, 0.1) is 5.92 Å². The number of hydrogen-bond donors (Lipinski definition) is 0. The highest BCUT2D eigenvalue weighted by Crippen LogP contribution is 2.58. The van der Waals surface area contributed by atoms with Gasteiger partial charge in [0.15, 0.2) is 0 Å². The van der Waals surface area contributed by atoms with Gasteiger partial charge in [-0.15, -0.1) is 0 Å². The second kappa shape index (κ2) is 3.91. The summed E-state index contributed by atoms with van der Waals surface area (Å²) >= 11 is 0. The molecule has 1 heteroatoms. The molecule has 0 aromatic rings. The molecule has 3 aliphatic rings. The average Bonchev–Trinajstić information content (AvgIpc) is 2.89. The van der Waals surface area contributed by atoms with E-state index >= 15 is 0 Å². The van der Waals surface area contributed by atoms with Gasteiger partial charge in [-0.3, -0.25) is 0 Å². The lowest BCUT2D eigenvalue weighted by atomic mass is 10.0. The molecule has 2 saturated carbocycles. The van der Waals surface area contributed by atoms with Crippen LogP contribution in [0.3, 0.4) is 0 Å². The lowest BCUT2D eigenvalue weighted by molar-refractivity contribution is 0.450. The molecule has 0 nitrogen and oxygen atoms in total. The Labute approximate surface area is 95.8 Å². The number of fused-ring (bicyclic) bond motifs is 1. The topological polar surface area (TPSA) is 0 Å². The maximum atomic E-state index is 2.80. The van der Waals surface area contributed by atoms with E-state index in [-0.39, 0.29) is 0 Å². The van der Waals surface area contributed by atoms with Crippen molar-refractivity contribution in [3.05, 3.63) is 0 Å². The Hall–Kier alpha value is 0.217. The van der Waals surface area contributed by atoms with Crippen molar-refractivity contribution in [1.29, 1.82) is 0 Å². The van der Waals surface area contributed by atoms with Crippen molar-refractivity contribution < 1.29 is 0 Å². The van der Waals surface area contributed by atoms with Crippen LogP contribution < -0.4 is 0 Å². The summed E-state index contributed by atoms with van der Waals surface area (Å²) in [6.07, 6.45) is 14.3. The summed E-state index contributed by atoms with van der Waals surface area (Å²) in [4.78, 5) is 0. The van der Waals surface area contributed by atoms with Crippen LogP contribution in [0.5, 0.6) is 0 Å². The van der Waals surface area contributed by atoms with E-state index < -0.39 is 8.07 Å². The number of hydrogen-bond acceptors (Lipinski definition) is 0. The van der Waals surface area contributed by atoms with E-state index in [0.717, 1.165) is 0 Å². The van der Waals surface area contributed by atoms with E-state index in [1.165, 1.54) is 17.0 Å². The summed E-state index contributed by atoms with van der Waals surface area (Å²) in [7, 11) is -0.834. The van der Waals surface area contributed by atoms with E-state index in [2.05, 4.69) is 6.55 Å². The van der Waals surface area contributed by atoms with Crippen molar-refractivity contribution in [2.45, 2.75) is 81.5 Å². The van der Waals surface area contributed by atoms with Gasteiger partial charge in [0.25, 0.3) is 0 Å². The summed E-state index contributed by atoms with van der Waals surface area (Å²) in [5.41, 5.74) is 2.50. The zero-order valence-corrected chi connectivity index (χ0v) is 11.3. The molecular formula is C14H26Si. The fourth-order valence-electron chi connectivity index (χ4n) is 5.27. The minimum absolute atomic E-state index is 0.834. The molecule has 1 aliphatic heterocycles. The van der Waals surface area contributed by atoms with Gasteiger partial charge < -0.3 is 0 Å². The smallest absolute Gasteiger partial charge is 0.0569 e. The summed E-state index contributed by atoms with van der Waals surface area (Å²) in [5, 5.41) is 0. The SMILES string of the molecule is C[Si]1(C2CCCC2)CCCC2CCCC21. The molecule has 1 heterocycles. The number of rotatable bonds is 1. The van der Waals surface area contributed by atoms with Gasteiger partial charge in [-0.05, 0) is 17.0 Å². The molecule has 0 bridgehead atoms. The van der Waals surface area contributed by atoms with Crippen LogP contribution in [-0.4, -0.2) is 8.07 Å². The molecule has 0 spiro atoms. The lowest BCUT2D eigenvalue weighted by Gasteiger charge is -2.46. The van der Waals surface area contributed by atoms with E-state index in [0.29, 0.717) is 0 Å². The van der Waals surface area contributed by atoms with E-state index in [1.807, 2.05) is 0 Å². The van der Waals surface area contributed by atoms with Gasteiger partial charge in [-0.1, -0.05) is 70.4 Å². The molecule has 2 aliphatic carbocycles. The van der Waals surface area contributed by atoms with E-state index in [4.69, 9.17) is 0 Å². The third-order valence-corrected chi connectivity index (χ3v) is 12.4. The second-order valence-corrected chi connectivity index (χ2v) is 11.7. The summed E-state index contributed by atoms with van der Waals surface area (Å²) in [6, 6.07) is 1.69. The van der Waals surface area contributed by atoms with Crippen molar-refractivity contribution in [3.8, 4) is 0 Å². The van der Waals surface area contributed by atoms with Crippen molar-refractivity contribution in [3.63, 3.8) is 0 Å². The molecule has 3 fully saturated rings. The minimum atomic E-state index is -0.834. The Kier molecular flexibility index (Phi) is 2.70. The standard InChI is InChI=1S/C14H26Si/c1-15(13-8-2-3-9-13)11-5-7-12-6-4-10-14(12)15/h12-14H,2-11H2,1H3. The predicted octanol–water partition coefficient (Wildman–Crippen LogP) is 4.97. The third-order valence-electron chi connectivity index (χ3n) is 6.08. The fraction of sp³-hybridized carbons (Fsp3) is 1.00. The second-order valence-electron chi connectivity index (χ2n) is 6.68. The van der Waals surface area contributed by atoms with Gasteiger partial charge in [-0.2, -0.15) is 0 Å². The van der Waals surface area contributed by atoms with Gasteiger partial charge in [0, 0.05) is 0 Å². The Morgan fingerprint density at radius 3 is 2.33 bits per heavy atom. The van der Waals surface area contributed by atoms with Gasteiger partial charge in [0.05, 0.1) is 8.07 Å². The van der Waals surface area contributed by atoms with Crippen LogP contribution in [-0.2, 0) is 0 Å². The molecule has 0 radical (unpaired) electrons. The quantitative estimate of drug-likeness (QED) is 0.549. The molecule has 0 aromatic carbocycles. The summed E-state index contributed by atoms with van der Waals surface area (Å²) in [6.45, 7) is 2.80. The van der Waals surface area contributed by atoms with Crippen molar-refractivity contribution >= 4 is 8.07 Å². The van der Waals surface area contributed by atoms with Crippen molar-refractivity contribution in [2.24, 2.45) is 5.92 Å². The van der Waals surface area contributed by atoms with Gasteiger partial charge in [0.2, 0.25) is 0 Å². The van der Waals surface area contributed by atoms with Gasteiger partial charge >= 0.3 is 0 Å². The minimum Gasteiger partial charge on any atom is -0.0687 e. The van der Waals surface area contributed by atoms with Gasteiger partial charge in [-0.25, -0.2) is 0 Å². The van der Waals surface area contributed by atoms with Crippen LogP contribution in [0.1, 0.15) is 57.8 Å². The summed E-state index contributed by atoms with van der Waals surface area (Å²) < 4.78 is 0. The van der Waals surface area contributed by atoms with Crippen molar-refractivity contribution in [2.75, 3.05) is 0 Å². The van der Waals surface area contributed by atoms with Crippen LogP contribution in [0.4, 0.5) is 0 Å². The largest absolute Gasteiger partial charge is 0.0687 e. The first-order chi connectivity index (χ1) is 7.31. The molecule has 86 valence electrons. The van der Waals surface area contributed by atoms with Gasteiger partial charge in [0.1, 0.15) is 0 Å². The summed E-state index contributed by atoms with van der Waals surface area (Å²) in [5.74, 6) is 1.19. The molecule has 0 N–H and O–H groups in total. The highest BCUT2D eigenvalue weighted by molar-refractivity contribution is 6.81. The molecule has 0 amide bonds. The first-order valence-corrected chi connectivity index (χ1v) is 10.2. The predicted molar refractivity (Wildman–Crippen MR) is 69.0 cm³/mol. The Morgan fingerprint density at radius 1 is 0.800 bits per heavy atom. The fourth-order valence-corrected chi connectivity index (χ4v) is 11.6. The molecular weight excluding hydrogens is 196 g/mol.